The van der Waals surface area contributed by atoms with Crippen molar-refractivity contribution < 1.29 is 9.72 Å². The summed E-state index contributed by atoms with van der Waals surface area (Å²) in [6.45, 7) is 6.18. The summed E-state index contributed by atoms with van der Waals surface area (Å²) < 4.78 is 0. The summed E-state index contributed by atoms with van der Waals surface area (Å²) >= 11 is 0. The third kappa shape index (κ3) is 4.44. The van der Waals surface area contributed by atoms with Crippen LogP contribution in [0.5, 0.6) is 0 Å². The molecule has 3 aromatic rings. The van der Waals surface area contributed by atoms with Gasteiger partial charge in [0, 0.05) is 48.9 Å². The van der Waals surface area contributed by atoms with Gasteiger partial charge in [-0.05, 0) is 43.2 Å². The Bertz CT molecular complexity index is 1120. The van der Waals surface area contributed by atoms with E-state index in [4.69, 9.17) is 0 Å². The molecule has 8 nitrogen and oxygen atoms in total. The maximum atomic E-state index is 12.8. The quantitative estimate of drug-likeness (QED) is 0.450. The number of amides is 1. The van der Waals surface area contributed by atoms with E-state index in [2.05, 4.69) is 46.3 Å². The third-order valence-corrected chi connectivity index (χ3v) is 5.84. The number of aryl methyl sites for hydroxylation is 2. The van der Waals surface area contributed by atoms with E-state index in [1.807, 2.05) is 12.1 Å². The average molecular weight is 431 g/mol. The first kappa shape index (κ1) is 21.4. The highest BCUT2D eigenvalue weighted by Gasteiger charge is 2.24. The predicted molar refractivity (Wildman–Crippen MR) is 123 cm³/mol. The second-order valence-corrected chi connectivity index (χ2v) is 7.86. The first-order valence-electron chi connectivity index (χ1n) is 10.7. The van der Waals surface area contributed by atoms with Crippen molar-refractivity contribution in [2.24, 2.45) is 0 Å². The van der Waals surface area contributed by atoms with Gasteiger partial charge in [0.05, 0.1) is 10.6 Å². The summed E-state index contributed by atoms with van der Waals surface area (Å²) in [5.41, 5.74) is 4.14. The summed E-state index contributed by atoms with van der Waals surface area (Å²) in [6, 6.07) is 16.8. The number of benzene rings is 2. The Kier molecular flexibility index (Phi) is 6.11. The van der Waals surface area contributed by atoms with Gasteiger partial charge in [0.15, 0.2) is 5.82 Å². The molecule has 4 rings (SSSR count). The van der Waals surface area contributed by atoms with Crippen LogP contribution in [0.15, 0.2) is 54.6 Å². The minimum atomic E-state index is -0.436. The predicted octanol–water partition coefficient (Wildman–Crippen LogP) is 3.89. The fourth-order valence-corrected chi connectivity index (χ4v) is 3.87. The molecule has 0 aliphatic carbocycles. The van der Waals surface area contributed by atoms with Crippen molar-refractivity contribution in [1.29, 1.82) is 0 Å². The molecule has 32 heavy (non-hydrogen) atoms. The number of nitrogens with zero attached hydrogens (tertiary/aromatic N) is 5. The normalized spacial score (nSPS) is 13.8. The highest BCUT2D eigenvalue weighted by atomic mass is 16.6. The molecule has 164 valence electrons. The molecule has 1 fully saturated rings. The van der Waals surface area contributed by atoms with Crippen molar-refractivity contribution in [3.63, 3.8) is 0 Å². The summed E-state index contributed by atoms with van der Waals surface area (Å²) in [6.07, 6.45) is 1.00. The van der Waals surface area contributed by atoms with Crippen LogP contribution < -0.4 is 4.90 Å². The highest BCUT2D eigenvalue weighted by molar-refractivity contribution is 5.95. The SMILES string of the molecule is CCc1ccc(-c2ccc(N3CCN(C(=O)c4ccc([N+](=O)[O-])c(C)c4)CC3)nn2)cc1. The molecule has 2 aromatic carbocycles. The van der Waals surface area contributed by atoms with Crippen LogP contribution in [0.4, 0.5) is 11.5 Å². The van der Waals surface area contributed by atoms with Crippen molar-refractivity contribution in [2.75, 3.05) is 31.1 Å². The smallest absolute Gasteiger partial charge is 0.272 e. The van der Waals surface area contributed by atoms with Gasteiger partial charge < -0.3 is 9.80 Å². The Balaban J connectivity index is 1.38. The molecule has 1 aliphatic rings. The lowest BCUT2D eigenvalue weighted by Crippen LogP contribution is -2.49. The molecule has 1 saturated heterocycles. The zero-order valence-corrected chi connectivity index (χ0v) is 18.2. The molecule has 0 N–H and O–H groups in total. The van der Waals surface area contributed by atoms with Crippen LogP contribution in [0.25, 0.3) is 11.3 Å². The van der Waals surface area contributed by atoms with E-state index in [-0.39, 0.29) is 11.6 Å². The maximum absolute atomic E-state index is 12.8. The number of carbonyl (C=O) groups excluding carboxylic acids is 1. The van der Waals surface area contributed by atoms with Crippen LogP contribution in [0, 0.1) is 17.0 Å². The Morgan fingerprint density at radius 2 is 1.72 bits per heavy atom. The van der Waals surface area contributed by atoms with Crippen LogP contribution in [0.1, 0.15) is 28.4 Å². The van der Waals surface area contributed by atoms with E-state index >= 15 is 0 Å². The molecule has 0 atom stereocenters. The largest absolute Gasteiger partial charge is 0.352 e. The molecular weight excluding hydrogens is 406 g/mol. The number of nitro benzene ring substituents is 1. The van der Waals surface area contributed by atoms with Gasteiger partial charge in [-0.25, -0.2) is 0 Å². The fourth-order valence-electron chi connectivity index (χ4n) is 3.87. The first-order chi connectivity index (χ1) is 15.5. The van der Waals surface area contributed by atoms with Crippen molar-refractivity contribution in [3.05, 3.63) is 81.4 Å². The molecule has 1 aromatic heterocycles. The van der Waals surface area contributed by atoms with Crippen LogP contribution >= 0.6 is 0 Å². The van der Waals surface area contributed by atoms with Crippen LogP contribution in [-0.4, -0.2) is 52.1 Å². The number of hydrogen-bond acceptors (Lipinski definition) is 6. The van der Waals surface area contributed by atoms with E-state index in [1.54, 1.807) is 17.9 Å². The zero-order chi connectivity index (χ0) is 22.7. The van der Waals surface area contributed by atoms with E-state index in [9.17, 15) is 14.9 Å². The van der Waals surface area contributed by atoms with Crippen LogP contribution in [0.2, 0.25) is 0 Å². The Labute approximate surface area is 186 Å². The van der Waals surface area contributed by atoms with Gasteiger partial charge in [0.1, 0.15) is 0 Å². The van der Waals surface area contributed by atoms with Crippen LogP contribution in [-0.2, 0) is 6.42 Å². The molecule has 8 heteroatoms. The monoisotopic (exact) mass is 431 g/mol. The lowest BCUT2D eigenvalue weighted by Gasteiger charge is -2.35. The summed E-state index contributed by atoms with van der Waals surface area (Å²) in [4.78, 5) is 27.3. The number of hydrogen-bond donors (Lipinski definition) is 0. The average Bonchev–Trinajstić information content (AvgIpc) is 2.83. The molecule has 0 spiro atoms. The topological polar surface area (TPSA) is 92.5 Å². The van der Waals surface area contributed by atoms with E-state index < -0.39 is 4.92 Å². The van der Waals surface area contributed by atoms with Crippen molar-refractivity contribution in [2.45, 2.75) is 20.3 Å². The number of aromatic nitrogens is 2. The molecular formula is C24H25N5O3. The van der Waals surface area contributed by atoms with Gasteiger partial charge in [-0.15, -0.1) is 10.2 Å². The van der Waals surface area contributed by atoms with Gasteiger partial charge in [-0.1, -0.05) is 31.2 Å². The molecule has 0 bridgehead atoms. The van der Waals surface area contributed by atoms with Gasteiger partial charge in [0.2, 0.25) is 0 Å². The highest BCUT2D eigenvalue weighted by Crippen LogP contribution is 2.22. The minimum Gasteiger partial charge on any atom is -0.352 e. The molecule has 0 radical (unpaired) electrons. The second kappa shape index (κ2) is 9.13. The first-order valence-corrected chi connectivity index (χ1v) is 10.7. The van der Waals surface area contributed by atoms with Gasteiger partial charge in [-0.3, -0.25) is 14.9 Å². The van der Waals surface area contributed by atoms with Gasteiger partial charge >= 0.3 is 0 Å². The number of rotatable bonds is 5. The third-order valence-electron chi connectivity index (χ3n) is 5.84. The van der Waals surface area contributed by atoms with Crippen molar-refractivity contribution >= 4 is 17.4 Å². The van der Waals surface area contributed by atoms with Gasteiger partial charge in [-0.2, -0.15) is 0 Å². The lowest BCUT2D eigenvalue weighted by molar-refractivity contribution is -0.385. The summed E-state index contributed by atoms with van der Waals surface area (Å²) in [7, 11) is 0. The minimum absolute atomic E-state index is 0.0229. The molecule has 0 unspecified atom stereocenters. The Morgan fingerprint density at radius 1 is 1.00 bits per heavy atom. The standard InChI is InChI=1S/C24H25N5O3/c1-3-18-4-6-19(7-5-18)21-9-11-23(26-25-21)27-12-14-28(15-13-27)24(30)20-8-10-22(29(31)32)17(2)16-20/h4-11,16H,3,12-15H2,1-2H3. The second-order valence-electron chi connectivity index (χ2n) is 7.86. The Hall–Kier alpha value is -3.81. The lowest BCUT2D eigenvalue weighted by atomic mass is 10.1. The molecule has 1 amide bonds. The molecule has 0 saturated carbocycles. The number of anilines is 1. The Morgan fingerprint density at radius 3 is 2.28 bits per heavy atom. The number of piperazine rings is 1. The van der Waals surface area contributed by atoms with Crippen molar-refractivity contribution in [3.8, 4) is 11.3 Å². The maximum Gasteiger partial charge on any atom is 0.272 e. The van der Waals surface area contributed by atoms with Crippen LogP contribution in [0.3, 0.4) is 0 Å². The van der Waals surface area contributed by atoms with Crippen molar-refractivity contribution in [1.82, 2.24) is 15.1 Å². The van der Waals surface area contributed by atoms with E-state index in [0.29, 0.717) is 37.3 Å². The molecule has 2 heterocycles. The van der Waals surface area contributed by atoms with E-state index in [0.717, 1.165) is 23.5 Å². The summed E-state index contributed by atoms with van der Waals surface area (Å²) in [5.74, 6) is 0.678. The molecule has 1 aliphatic heterocycles. The zero-order valence-electron chi connectivity index (χ0n) is 18.2. The van der Waals surface area contributed by atoms with Gasteiger partial charge in [0.25, 0.3) is 11.6 Å². The van der Waals surface area contributed by atoms with E-state index in [1.165, 1.54) is 17.7 Å². The summed E-state index contributed by atoms with van der Waals surface area (Å²) in [5, 5.41) is 19.8. The number of carbonyl (C=O) groups is 1. The number of nitro groups is 1. The fraction of sp³-hybridized carbons (Fsp3) is 0.292.